The zero-order chi connectivity index (χ0) is 13.8. The van der Waals surface area contributed by atoms with Gasteiger partial charge < -0.3 is 5.11 Å². The van der Waals surface area contributed by atoms with E-state index in [4.69, 9.17) is 0 Å². The van der Waals surface area contributed by atoms with Crippen molar-refractivity contribution in [1.29, 1.82) is 0 Å². The van der Waals surface area contributed by atoms with Gasteiger partial charge in [-0.3, -0.25) is 14.9 Å². The van der Waals surface area contributed by atoms with Crippen LogP contribution in [0.3, 0.4) is 0 Å². The van der Waals surface area contributed by atoms with Crippen LogP contribution in [0.2, 0.25) is 0 Å². The summed E-state index contributed by atoms with van der Waals surface area (Å²) in [5, 5.41) is 20.3. The molecule has 0 heterocycles. The van der Waals surface area contributed by atoms with Crippen LogP contribution in [0.25, 0.3) is 0 Å². The standard InChI is InChI=1S/C13H9NO4S/c15-8-9-4-5-13(12(6-9)14(17)18)19-11-3-1-2-10(16)7-11/h1-8,16H. The number of nitro benzene ring substituents is 1. The lowest BCUT2D eigenvalue weighted by Crippen LogP contribution is -1.92. The summed E-state index contributed by atoms with van der Waals surface area (Å²) in [4.78, 5) is 22.2. The highest BCUT2D eigenvalue weighted by atomic mass is 32.2. The van der Waals surface area contributed by atoms with E-state index in [-0.39, 0.29) is 17.0 Å². The minimum absolute atomic E-state index is 0.0946. The molecule has 96 valence electrons. The Kier molecular flexibility index (Phi) is 3.82. The minimum Gasteiger partial charge on any atom is -0.508 e. The normalized spacial score (nSPS) is 10.1. The number of phenols is 1. The Morgan fingerprint density at radius 2 is 2.00 bits per heavy atom. The van der Waals surface area contributed by atoms with Crippen molar-refractivity contribution in [3.05, 3.63) is 58.1 Å². The van der Waals surface area contributed by atoms with E-state index in [2.05, 4.69) is 0 Å². The van der Waals surface area contributed by atoms with Gasteiger partial charge in [0.15, 0.2) is 0 Å². The molecule has 0 fully saturated rings. The van der Waals surface area contributed by atoms with Gasteiger partial charge in [0.05, 0.1) is 9.82 Å². The molecule has 0 amide bonds. The highest BCUT2D eigenvalue weighted by Gasteiger charge is 2.15. The number of benzene rings is 2. The molecule has 0 aromatic heterocycles. The average Bonchev–Trinajstić information content (AvgIpc) is 2.39. The van der Waals surface area contributed by atoms with Gasteiger partial charge >= 0.3 is 0 Å². The summed E-state index contributed by atoms with van der Waals surface area (Å²) in [5.41, 5.74) is 0.130. The number of aldehydes is 1. The van der Waals surface area contributed by atoms with Crippen LogP contribution in [0, 0.1) is 10.1 Å². The summed E-state index contributed by atoms with van der Waals surface area (Å²) in [6, 6.07) is 10.7. The first kappa shape index (κ1) is 13.1. The van der Waals surface area contributed by atoms with E-state index in [1.165, 1.54) is 30.3 Å². The Balaban J connectivity index is 2.39. The Hall–Kier alpha value is -2.34. The molecule has 2 rings (SSSR count). The average molecular weight is 275 g/mol. The summed E-state index contributed by atoms with van der Waals surface area (Å²) in [5.74, 6) is 0.0946. The summed E-state index contributed by atoms with van der Waals surface area (Å²) >= 11 is 1.16. The molecule has 5 nitrogen and oxygen atoms in total. The first-order valence-electron chi connectivity index (χ1n) is 5.30. The van der Waals surface area contributed by atoms with Gasteiger partial charge in [0.25, 0.3) is 5.69 Å². The molecule has 0 aliphatic heterocycles. The van der Waals surface area contributed by atoms with Crippen LogP contribution in [-0.2, 0) is 0 Å². The van der Waals surface area contributed by atoms with Crippen LogP contribution in [0.15, 0.2) is 52.3 Å². The molecule has 0 aliphatic carbocycles. The molecule has 0 radical (unpaired) electrons. The van der Waals surface area contributed by atoms with Crippen LogP contribution >= 0.6 is 11.8 Å². The molecule has 0 saturated carbocycles. The molecule has 2 aromatic rings. The summed E-state index contributed by atoms with van der Waals surface area (Å²) in [6.07, 6.45) is 0.565. The fraction of sp³-hybridized carbons (Fsp3) is 0. The first-order chi connectivity index (χ1) is 9.10. The second-order valence-electron chi connectivity index (χ2n) is 3.70. The van der Waals surface area contributed by atoms with Crippen molar-refractivity contribution in [3.8, 4) is 5.75 Å². The van der Waals surface area contributed by atoms with Crippen molar-refractivity contribution in [1.82, 2.24) is 0 Å². The highest BCUT2D eigenvalue weighted by Crippen LogP contribution is 2.36. The third-order valence-electron chi connectivity index (χ3n) is 2.36. The van der Waals surface area contributed by atoms with E-state index >= 15 is 0 Å². The summed E-state index contributed by atoms with van der Waals surface area (Å²) in [6.45, 7) is 0. The molecule has 2 aromatic carbocycles. The van der Waals surface area contributed by atoms with E-state index < -0.39 is 4.92 Å². The molecule has 0 atom stereocenters. The van der Waals surface area contributed by atoms with Gasteiger partial charge in [0.2, 0.25) is 0 Å². The first-order valence-corrected chi connectivity index (χ1v) is 6.12. The maximum atomic E-state index is 11.0. The zero-order valence-electron chi connectivity index (χ0n) is 9.65. The molecule has 0 spiro atoms. The van der Waals surface area contributed by atoms with E-state index in [0.29, 0.717) is 16.1 Å². The zero-order valence-corrected chi connectivity index (χ0v) is 10.5. The van der Waals surface area contributed by atoms with Gasteiger partial charge in [-0.05, 0) is 24.3 Å². The molecule has 19 heavy (non-hydrogen) atoms. The second-order valence-corrected chi connectivity index (χ2v) is 4.82. The van der Waals surface area contributed by atoms with E-state index in [9.17, 15) is 20.0 Å². The predicted octanol–water partition coefficient (Wildman–Crippen LogP) is 3.26. The molecule has 6 heteroatoms. The van der Waals surface area contributed by atoms with Crippen molar-refractivity contribution in [2.75, 3.05) is 0 Å². The Labute approximate surface area is 113 Å². The predicted molar refractivity (Wildman–Crippen MR) is 70.7 cm³/mol. The molecular weight excluding hydrogens is 266 g/mol. The monoisotopic (exact) mass is 275 g/mol. The van der Waals surface area contributed by atoms with Crippen LogP contribution in [0.5, 0.6) is 5.75 Å². The van der Waals surface area contributed by atoms with E-state index in [1.807, 2.05) is 0 Å². The quantitative estimate of drug-likeness (QED) is 0.526. The van der Waals surface area contributed by atoms with Crippen LogP contribution in [-0.4, -0.2) is 16.3 Å². The number of aromatic hydroxyl groups is 1. The van der Waals surface area contributed by atoms with Gasteiger partial charge in [-0.15, -0.1) is 0 Å². The lowest BCUT2D eigenvalue weighted by Gasteiger charge is -2.04. The fourth-order valence-electron chi connectivity index (χ4n) is 1.51. The largest absolute Gasteiger partial charge is 0.508 e. The van der Waals surface area contributed by atoms with Crippen molar-refractivity contribution >= 4 is 23.7 Å². The van der Waals surface area contributed by atoms with Gasteiger partial charge in [-0.1, -0.05) is 23.9 Å². The number of phenolic OH excluding ortho intramolecular Hbond substituents is 1. The van der Waals surface area contributed by atoms with E-state index in [1.54, 1.807) is 12.1 Å². The molecule has 0 unspecified atom stereocenters. The Bertz CT molecular complexity index is 642. The number of hydrogen-bond donors (Lipinski definition) is 1. The Morgan fingerprint density at radius 1 is 1.21 bits per heavy atom. The highest BCUT2D eigenvalue weighted by molar-refractivity contribution is 7.99. The van der Waals surface area contributed by atoms with Crippen molar-refractivity contribution in [3.63, 3.8) is 0 Å². The fourth-order valence-corrected chi connectivity index (χ4v) is 2.46. The third-order valence-corrected chi connectivity index (χ3v) is 3.42. The van der Waals surface area contributed by atoms with Crippen LogP contribution < -0.4 is 0 Å². The molecule has 1 N–H and O–H groups in total. The lowest BCUT2D eigenvalue weighted by molar-refractivity contribution is -0.387. The Morgan fingerprint density at radius 3 is 2.63 bits per heavy atom. The number of rotatable bonds is 4. The van der Waals surface area contributed by atoms with Crippen LogP contribution in [0.1, 0.15) is 10.4 Å². The minimum atomic E-state index is -0.530. The smallest absolute Gasteiger partial charge is 0.283 e. The topological polar surface area (TPSA) is 80.4 Å². The van der Waals surface area contributed by atoms with E-state index in [0.717, 1.165) is 11.8 Å². The van der Waals surface area contributed by atoms with Gasteiger partial charge in [-0.2, -0.15) is 0 Å². The number of carbonyl (C=O) groups excluding carboxylic acids is 1. The lowest BCUT2D eigenvalue weighted by atomic mass is 10.2. The number of carbonyl (C=O) groups is 1. The van der Waals surface area contributed by atoms with Gasteiger partial charge in [0.1, 0.15) is 12.0 Å². The van der Waals surface area contributed by atoms with Crippen LogP contribution in [0.4, 0.5) is 5.69 Å². The summed E-state index contributed by atoms with van der Waals surface area (Å²) in [7, 11) is 0. The summed E-state index contributed by atoms with van der Waals surface area (Å²) < 4.78 is 0. The number of nitro groups is 1. The maximum Gasteiger partial charge on any atom is 0.283 e. The van der Waals surface area contributed by atoms with Crippen molar-refractivity contribution in [2.45, 2.75) is 9.79 Å². The van der Waals surface area contributed by atoms with Crippen molar-refractivity contribution < 1.29 is 14.8 Å². The molecule has 0 saturated heterocycles. The molecule has 0 bridgehead atoms. The maximum absolute atomic E-state index is 11.0. The molecular formula is C13H9NO4S. The third kappa shape index (κ3) is 3.11. The second kappa shape index (κ2) is 5.53. The molecule has 0 aliphatic rings. The number of nitrogens with zero attached hydrogens (tertiary/aromatic N) is 1. The number of hydrogen-bond acceptors (Lipinski definition) is 5. The SMILES string of the molecule is O=Cc1ccc(Sc2cccc(O)c2)c([N+](=O)[O-])c1. The van der Waals surface area contributed by atoms with Gasteiger partial charge in [0, 0.05) is 16.5 Å². The van der Waals surface area contributed by atoms with Gasteiger partial charge in [-0.25, -0.2) is 0 Å². The van der Waals surface area contributed by atoms with Crippen molar-refractivity contribution in [2.24, 2.45) is 0 Å².